The SMILES string of the molecule is CC(C)c1c(C(=O)N[C@@H](C)C2CC2)nn2cc(-c3ccc(Cl)c(F)c3)[nH]c(=O)c12. The molecule has 2 N–H and O–H groups in total. The minimum Gasteiger partial charge on any atom is -0.348 e. The van der Waals surface area contributed by atoms with Gasteiger partial charge in [-0.05, 0) is 43.7 Å². The van der Waals surface area contributed by atoms with Crippen molar-refractivity contribution in [3.05, 3.63) is 56.8 Å². The van der Waals surface area contributed by atoms with Crippen LogP contribution < -0.4 is 10.9 Å². The molecule has 2 heterocycles. The average molecular weight is 417 g/mol. The number of hydrogen-bond acceptors (Lipinski definition) is 3. The number of carbonyl (C=O) groups excluding carboxylic acids is 1. The fourth-order valence-corrected chi connectivity index (χ4v) is 3.73. The van der Waals surface area contributed by atoms with Crippen molar-refractivity contribution in [1.29, 1.82) is 0 Å². The monoisotopic (exact) mass is 416 g/mol. The first-order chi connectivity index (χ1) is 13.8. The van der Waals surface area contributed by atoms with Crippen LogP contribution in [0.3, 0.4) is 0 Å². The van der Waals surface area contributed by atoms with E-state index in [1.165, 1.54) is 16.6 Å². The van der Waals surface area contributed by atoms with Crippen molar-refractivity contribution in [1.82, 2.24) is 19.9 Å². The van der Waals surface area contributed by atoms with E-state index in [9.17, 15) is 14.0 Å². The molecule has 6 nitrogen and oxygen atoms in total. The summed E-state index contributed by atoms with van der Waals surface area (Å²) in [6.45, 7) is 5.82. The molecule has 0 unspecified atom stereocenters. The van der Waals surface area contributed by atoms with Gasteiger partial charge in [0, 0.05) is 17.2 Å². The summed E-state index contributed by atoms with van der Waals surface area (Å²) in [5.74, 6) is -0.435. The lowest BCUT2D eigenvalue weighted by Gasteiger charge is -2.13. The summed E-state index contributed by atoms with van der Waals surface area (Å²) in [5.41, 5.74) is 1.62. The molecule has 1 fully saturated rings. The van der Waals surface area contributed by atoms with E-state index >= 15 is 0 Å². The molecule has 0 aliphatic heterocycles. The van der Waals surface area contributed by atoms with Gasteiger partial charge in [0.15, 0.2) is 5.69 Å². The van der Waals surface area contributed by atoms with Crippen LogP contribution in [0.4, 0.5) is 4.39 Å². The maximum atomic E-state index is 13.9. The van der Waals surface area contributed by atoms with Gasteiger partial charge in [0.2, 0.25) is 0 Å². The van der Waals surface area contributed by atoms with Crippen molar-refractivity contribution in [3.63, 3.8) is 0 Å². The Labute approximate surface area is 172 Å². The fraction of sp³-hybridized carbons (Fsp3) is 0.381. The van der Waals surface area contributed by atoms with Crippen LogP contribution in [0.2, 0.25) is 5.02 Å². The first-order valence-corrected chi connectivity index (χ1v) is 10.1. The van der Waals surface area contributed by atoms with Crippen LogP contribution >= 0.6 is 11.6 Å². The highest BCUT2D eigenvalue weighted by Crippen LogP contribution is 2.33. The molecule has 152 valence electrons. The summed E-state index contributed by atoms with van der Waals surface area (Å²) in [6, 6.07) is 4.35. The van der Waals surface area contributed by atoms with Crippen molar-refractivity contribution in [2.45, 2.75) is 45.6 Å². The second-order valence-electron chi connectivity index (χ2n) is 7.94. The summed E-state index contributed by atoms with van der Waals surface area (Å²) >= 11 is 5.75. The Kier molecular flexibility index (Phi) is 4.94. The van der Waals surface area contributed by atoms with Crippen molar-refractivity contribution < 1.29 is 9.18 Å². The number of benzene rings is 1. The normalized spacial score (nSPS) is 15.1. The lowest BCUT2D eigenvalue weighted by atomic mass is 10.0. The number of fused-ring (bicyclic) bond motifs is 1. The molecule has 2 aromatic heterocycles. The topological polar surface area (TPSA) is 79.3 Å². The third-order valence-electron chi connectivity index (χ3n) is 5.37. The standard InChI is InChI=1S/C21H22ClFN4O2/c1-10(2)17-18(20(28)24-11(3)12-4-5-12)26-27-9-16(25-21(29)19(17)27)13-6-7-14(22)15(23)8-13/h6-12H,4-5H2,1-3H3,(H,24,28)(H,25,29)/t11-/m0/s1. The number of amides is 1. The van der Waals surface area contributed by atoms with Gasteiger partial charge in [-0.15, -0.1) is 0 Å². The number of H-pyrrole nitrogens is 1. The van der Waals surface area contributed by atoms with Gasteiger partial charge in [-0.25, -0.2) is 8.91 Å². The Bertz CT molecular complexity index is 1160. The largest absolute Gasteiger partial charge is 0.348 e. The molecule has 1 atom stereocenters. The molecule has 8 heteroatoms. The summed E-state index contributed by atoms with van der Waals surface area (Å²) in [6.07, 6.45) is 3.82. The molecular formula is C21H22ClFN4O2. The molecule has 1 aliphatic carbocycles. The van der Waals surface area contributed by atoms with Crippen LogP contribution in [0.1, 0.15) is 55.6 Å². The summed E-state index contributed by atoms with van der Waals surface area (Å²) in [5, 5.41) is 7.42. The van der Waals surface area contributed by atoms with Crippen LogP contribution in [0.5, 0.6) is 0 Å². The Morgan fingerprint density at radius 3 is 2.69 bits per heavy atom. The first kappa shape index (κ1) is 19.6. The zero-order valence-electron chi connectivity index (χ0n) is 16.4. The molecular weight excluding hydrogens is 395 g/mol. The van der Waals surface area contributed by atoms with E-state index in [-0.39, 0.29) is 34.1 Å². The predicted octanol–water partition coefficient (Wildman–Crippen LogP) is 4.13. The van der Waals surface area contributed by atoms with E-state index in [2.05, 4.69) is 15.4 Å². The number of aromatic nitrogens is 3. The summed E-state index contributed by atoms with van der Waals surface area (Å²) < 4.78 is 15.3. The Morgan fingerprint density at radius 2 is 2.07 bits per heavy atom. The molecule has 1 saturated carbocycles. The number of aromatic amines is 1. The van der Waals surface area contributed by atoms with Crippen molar-refractivity contribution in [3.8, 4) is 11.3 Å². The third-order valence-corrected chi connectivity index (χ3v) is 5.68. The molecule has 1 aromatic carbocycles. The van der Waals surface area contributed by atoms with Crippen LogP contribution in [0, 0.1) is 11.7 Å². The maximum Gasteiger partial charge on any atom is 0.274 e. The molecule has 1 aliphatic rings. The number of hydrogen-bond donors (Lipinski definition) is 2. The zero-order valence-corrected chi connectivity index (χ0v) is 17.2. The highest BCUT2D eigenvalue weighted by molar-refractivity contribution is 6.30. The fourth-order valence-electron chi connectivity index (χ4n) is 3.62. The van der Waals surface area contributed by atoms with Gasteiger partial charge in [-0.3, -0.25) is 9.59 Å². The Morgan fingerprint density at radius 1 is 1.34 bits per heavy atom. The number of carbonyl (C=O) groups is 1. The second kappa shape index (κ2) is 7.30. The molecule has 0 radical (unpaired) electrons. The van der Waals surface area contributed by atoms with E-state index in [0.717, 1.165) is 12.8 Å². The highest BCUT2D eigenvalue weighted by atomic mass is 35.5. The first-order valence-electron chi connectivity index (χ1n) is 9.68. The van der Waals surface area contributed by atoms with E-state index in [4.69, 9.17) is 11.6 Å². The minimum atomic E-state index is -0.581. The molecule has 29 heavy (non-hydrogen) atoms. The van der Waals surface area contributed by atoms with Crippen molar-refractivity contribution in [2.24, 2.45) is 5.92 Å². The second-order valence-corrected chi connectivity index (χ2v) is 8.34. The predicted molar refractivity (Wildman–Crippen MR) is 110 cm³/mol. The maximum absolute atomic E-state index is 13.9. The Balaban J connectivity index is 1.82. The van der Waals surface area contributed by atoms with Gasteiger partial charge < -0.3 is 10.3 Å². The minimum absolute atomic E-state index is 0.00194. The molecule has 0 spiro atoms. The van der Waals surface area contributed by atoms with Gasteiger partial charge in [0.25, 0.3) is 11.5 Å². The number of rotatable bonds is 5. The molecule has 4 rings (SSSR count). The number of nitrogens with one attached hydrogen (secondary N) is 2. The summed E-state index contributed by atoms with van der Waals surface area (Å²) in [4.78, 5) is 28.5. The van der Waals surface area contributed by atoms with E-state index < -0.39 is 5.82 Å². The smallest absolute Gasteiger partial charge is 0.274 e. The van der Waals surface area contributed by atoms with Crippen molar-refractivity contribution >= 4 is 23.0 Å². The zero-order chi connectivity index (χ0) is 20.9. The van der Waals surface area contributed by atoms with Gasteiger partial charge in [-0.2, -0.15) is 5.10 Å². The number of nitrogens with zero attached hydrogens (tertiary/aromatic N) is 2. The van der Waals surface area contributed by atoms with E-state index in [0.29, 0.717) is 28.3 Å². The van der Waals surface area contributed by atoms with Crippen LogP contribution in [0.25, 0.3) is 16.8 Å². The quantitative estimate of drug-likeness (QED) is 0.656. The van der Waals surface area contributed by atoms with Crippen LogP contribution in [-0.2, 0) is 0 Å². The molecule has 0 saturated heterocycles. The van der Waals surface area contributed by atoms with E-state index in [1.54, 1.807) is 12.3 Å². The van der Waals surface area contributed by atoms with Gasteiger partial charge in [0.1, 0.15) is 11.3 Å². The lowest BCUT2D eigenvalue weighted by Crippen LogP contribution is -2.34. The average Bonchev–Trinajstić information content (AvgIpc) is 3.43. The van der Waals surface area contributed by atoms with Crippen molar-refractivity contribution in [2.75, 3.05) is 0 Å². The van der Waals surface area contributed by atoms with Gasteiger partial charge >= 0.3 is 0 Å². The van der Waals surface area contributed by atoms with Crippen LogP contribution in [-0.4, -0.2) is 26.5 Å². The van der Waals surface area contributed by atoms with Gasteiger partial charge in [0.05, 0.1) is 16.9 Å². The van der Waals surface area contributed by atoms with Crippen LogP contribution in [0.15, 0.2) is 29.2 Å². The molecule has 1 amide bonds. The lowest BCUT2D eigenvalue weighted by molar-refractivity contribution is 0.0929. The number of halogens is 2. The highest BCUT2D eigenvalue weighted by Gasteiger charge is 2.31. The van der Waals surface area contributed by atoms with Gasteiger partial charge in [-0.1, -0.05) is 31.5 Å². The molecule has 3 aromatic rings. The third kappa shape index (κ3) is 3.67. The summed E-state index contributed by atoms with van der Waals surface area (Å²) in [7, 11) is 0. The van der Waals surface area contributed by atoms with E-state index in [1.807, 2.05) is 20.8 Å². The Hall–Kier alpha value is -2.67. The molecule has 0 bridgehead atoms.